The Bertz CT molecular complexity index is 917. The fourth-order valence-electron chi connectivity index (χ4n) is 3.82. The molecule has 3 aromatic rings. The number of benzene rings is 2. The highest BCUT2D eigenvalue weighted by atomic mass is 16.5. The van der Waals surface area contributed by atoms with E-state index in [-0.39, 0.29) is 11.8 Å². The maximum Gasteiger partial charge on any atom is 0.223 e. The molecule has 0 aliphatic carbocycles. The molecule has 1 saturated heterocycles. The normalized spacial score (nSPS) is 15.1. The summed E-state index contributed by atoms with van der Waals surface area (Å²) in [7, 11) is 0. The summed E-state index contributed by atoms with van der Waals surface area (Å²) in [5.41, 5.74) is 2.40. The van der Waals surface area contributed by atoms with E-state index in [1.54, 1.807) is 6.26 Å². The smallest absolute Gasteiger partial charge is 0.223 e. The molecule has 0 atom stereocenters. The number of amides is 1. The van der Waals surface area contributed by atoms with Crippen LogP contribution in [0.1, 0.15) is 29.7 Å². The highest BCUT2D eigenvalue weighted by molar-refractivity contribution is 5.78. The largest absolute Gasteiger partial charge is 0.489 e. The molecule has 2 heterocycles. The molecular formula is C25H28N2O3. The third kappa shape index (κ3) is 5.74. The number of rotatable bonds is 8. The molecule has 0 saturated carbocycles. The van der Waals surface area contributed by atoms with Gasteiger partial charge in [-0.05, 0) is 61.3 Å². The molecule has 1 aliphatic heterocycles. The third-order valence-electron chi connectivity index (χ3n) is 5.53. The summed E-state index contributed by atoms with van der Waals surface area (Å²) in [5, 5.41) is 2.99. The maximum absolute atomic E-state index is 12.4. The minimum Gasteiger partial charge on any atom is -0.489 e. The topological polar surface area (TPSA) is 54.7 Å². The van der Waals surface area contributed by atoms with Crippen LogP contribution in [0.3, 0.4) is 0 Å². The van der Waals surface area contributed by atoms with Crippen molar-refractivity contribution >= 4 is 5.91 Å². The van der Waals surface area contributed by atoms with Crippen molar-refractivity contribution in [2.45, 2.75) is 32.5 Å². The van der Waals surface area contributed by atoms with Crippen LogP contribution in [-0.4, -0.2) is 23.9 Å². The van der Waals surface area contributed by atoms with Gasteiger partial charge in [0.05, 0.1) is 12.8 Å². The van der Waals surface area contributed by atoms with E-state index in [1.165, 1.54) is 5.56 Å². The molecule has 1 N–H and O–H groups in total. The SMILES string of the molecule is O=C(NCc1ccco1)C1CCN(Cc2cccc(OCc3ccccc3)c2)CC1. The van der Waals surface area contributed by atoms with Crippen molar-refractivity contribution in [3.8, 4) is 5.75 Å². The number of furan rings is 1. The fraction of sp³-hybridized carbons (Fsp3) is 0.320. The monoisotopic (exact) mass is 404 g/mol. The van der Waals surface area contributed by atoms with Gasteiger partial charge in [-0.2, -0.15) is 0 Å². The highest BCUT2D eigenvalue weighted by Gasteiger charge is 2.25. The van der Waals surface area contributed by atoms with E-state index in [4.69, 9.17) is 9.15 Å². The first kappa shape index (κ1) is 20.2. The predicted octanol–water partition coefficient (Wildman–Crippen LogP) is 4.39. The van der Waals surface area contributed by atoms with Crippen LogP contribution in [0.15, 0.2) is 77.4 Å². The standard InChI is InChI=1S/C25H28N2O3/c28-25(26-17-24-10-5-15-29-24)22-11-13-27(14-12-22)18-21-8-4-9-23(16-21)30-19-20-6-2-1-3-7-20/h1-10,15-16,22H,11-14,17-19H2,(H,26,28). The number of likely N-dealkylation sites (tertiary alicyclic amines) is 1. The van der Waals surface area contributed by atoms with Crippen LogP contribution >= 0.6 is 0 Å². The minimum atomic E-state index is 0.0803. The Balaban J connectivity index is 1.22. The second kappa shape index (κ2) is 10.1. The Morgan fingerprint density at radius 2 is 1.80 bits per heavy atom. The van der Waals surface area contributed by atoms with E-state index < -0.39 is 0 Å². The van der Waals surface area contributed by atoms with Crippen molar-refractivity contribution in [2.75, 3.05) is 13.1 Å². The number of hydrogen-bond donors (Lipinski definition) is 1. The van der Waals surface area contributed by atoms with E-state index in [9.17, 15) is 4.79 Å². The van der Waals surface area contributed by atoms with Crippen molar-refractivity contribution in [1.29, 1.82) is 0 Å². The molecule has 4 rings (SSSR count). The lowest BCUT2D eigenvalue weighted by atomic mass is 9.95. The number of piperidine rings is 1. The van der Waals surface area contributed by atoms with Crippen LogP contribution in [-0.2, 0) is 24.5 Å². The van der Waals surface area contributed by atoms with E-state index in [0.29, 0.717) is 13.2 Å². The zero-order valence-corrected chi connectivity index (χ0v) is 17.1. The van der Waals surface area contributed by atoms with Crippen LogP contribution in [0.5, 0.6) is 5.75 Å². The number of nitrogens with zero attached hydrogens (tertiary/aromatic N) is 1. The summed E-state index contributed by atoms with van der Waals surface area (Å²) in [6.45, 7) is 3.76. The minimum absolute atomic E-state index is 0.0803. The van der Waals surface area contributed by atoms with E-state index >= 15 is 0 Å². The molecule has 5 nitrogen and oxygen atoms in total. The summed E-state index contributed by atoms with van der Waals surface area (Å²) in [4.78, 5) is 14.8. The molecule has 30 heavy (non-hydrogen) atoms. The van der Waals surface area contributed by atoms with Gasteiger partial charge in [0.2, 0.25) is 5.91 Å². The number of carbonyl (C=O) groups is 1. The zero-order chi connectivity index (χ0) is 20.6. The van der Waals surface area contributed by atoms with Crippen LogP contribution in [0.2, 0.25) is 0 Å². The van der Waals surface area contributed by atoms with Gasteiger partial charge in [0.15, 0.2) is 0 Å². The van der Waals surface area contributed by atoms with Gasteiger partial charge in [-0.25, -0.2) is 0 Å². The first-order chi connectivity index (χ1) is 14.8. The summed E-state index contributed by atoms with van der Waals surface area (Å²) in [5.74, 6) is 1.89. The molecule has 2 aromatic carbocycles. The highest BCUT2D eigenvalue weighted by Crippen LogP contribution is 2.21. The Labute approximate surface area is 177 Å². The van der Waals surface area contributed by atoms with Gasteiger partial charge in [0.1, 0.15) is 18.1 Å². The van der Waals surface area contributed by atoms with Gasteiger partial charge < -0.3 is 14.5 Å². The summed E-state index contributed by atoms with van der Waals surface area (Å²) >= 11 is 0. The molecule has 5 heteroatoms. The van der Waals surface area contributed by atoms with Gasteiger partial charge in [0.25, 0.3) is 0 Å². The lowest BCUT2D eigenvalue weighted by Crippen LogP contribution is -2.40. The summed E-state index contributed by atoms with van der Waals surface area (Å²) in [6.07, 6.45) is 3.39. The molecule has 1 fully saturated rings. The third-order valence-corrected chi connectivity index (χ3v) is 5.53. The van der Waals surface area contributed by atoms with E-state index in [2.05, 4.69) is 34.5 Å². The molecule has 1 amide bonds. The molecular weight excluding hydrogens is 376 g/mol. The Hall–Kier alpha value is -3.05. The summed E-state index contributed by atoms with van der Waals surface area (Å²) in [6, 6.07) is 22.2. The molecule has 1 aromatic heterocycles. The molecule has 156 valence electrons. The van der Waals surface area contributed by atoms with Gasteiger partial charge in [-0.15, -0.1) is 0 Å². The lowest BCUT2D eigenvalue weighted by molar-refractivity contribution is -0.126. The molecule has 0 spiro atoms. The van der Waals surface area contributed by atoms with E-state index in [1.807, 2.05) is 42.5 Å². The second-order valence-electron chi connectivity index (χ2n) is 7.77. The van der Waals surface area contributed by atoms with Crippen LogP contribution < -0.4 is 10.1 Å². The average molecular weight is 405 g/mol. The van der Waals surface area contributed by atoms with Crippen molar-refractivity contribution in [1.82, 2.24) is 10.2 Å². The van der Waals surface area contributed by atoms with Crippen molar-refractivity contribution in [2.24, 2.45) is 5.92 Å². The number of ether oxygens (including phenoxy) is 1. The fourth-order valence-corrected chi connectivity index (χ4v) is 3.82. The van der Waals surface area contributed by atoms with Gasteiger partial charge in [-0.3, -0.25) is 9.69 Å². The predicted molar refractivity (Wildman–Crippen MR) is 116 cm³/mol. The quantitative estimate of drug-likeness (QED) is 0.605. The maximum atomic E-state index is 12.4. The van der Waals surface area contributed by atoms with Crippen molar-refractivity contribution < 1.29 is 13.9 Å². The van der Waals surface area contributed by atoms with Gasteiger partial charge in [0, 0.05) is 12.5 Å². The number of hydrogen-bond acceptors (Lipinski definition) is 4. The molecule has 0 unspecified atom stereocenters. The molecule has 0 radical (unpaired) electrons. The van der Waals surface area contributed by atoms with Crippen LogP contribution in [0, 0.1) is 5.92 Å². The van der Waals surface area contributed by atoms with Crippen LogP contribution in [0.25, 0.3) is 0 Å². The molecule has 0 bridgehead atoms. The first-order valence-electron chi connectivity index (χ1n) is 10.5. The number of carbonyl (C=O) groups excluding carboxylic acids is 1. The number of nitrogens with one attached hydrogen (secondary N) is 1. The lowest BCUT2D eigenvalue weighted by Gasteiger charge is -2.31. The van der Waals surface area contributed by atoms with E-state index in [0.717, 1.165) is 49.5 Å². The Kier molecular flexibility index (Phi) is 6.83. The Morgan fingerprint density at radius 1 is 1.00 bits per heavy atom. The zero-order valence-electron chi connectivity index (χ0n) is 17.1. The molecule has 1 aliphatic rings. The van der Waals surface area contributed by atoms with Crippen molar-refractivity contribution in [3.05, 3.63) is 89.9 Å². The second-order valence-corrected chi connectivity index (χ2v) is 7.77. The first-order valence-corrected chi connectivity index (χ1v) is 10.5. The van der Waals surface area contributed by atoms with Gasteiger partial charge >= 0.3 is 0 Å². The van der Waals surface area contributed by atoms with Crippen molar-refractivity contribution in [3.63, 3.8) is 0 Å². The average Bonchev–Trinajstić information content (AvgIpc) is 3.31. The summed E-state index contributed by atoms with van der Waals surface area (Å²) < 4.78 is 11.2. The van der Waals surface area contributed by atoms with Gasteiger partial charge in [-0.1, -0.05) is 42.5 Å². The van der Waals surface area contributed by atoms with Crippen LogP contribution in [0.4, 0.5) is 0 Å². The Morgan fingerprint density at radius 3 is 2.57 bits per heavy atom.